The van der Waals surface area contributed by atoms with Crippen LogP contribution in [0, 0.1) is 0 Å². The third-order valence-corrected chi connectivity index (χ3v) is 4.66. The standard InChI is InChI=1S/C20H20ClN3O4/c1-11(22-19(25)12-7-14(27-3)10-15(8-12)28-4)18-23-17-9-13(21)5-6-16(17)20(26)24(18)2/h5-11H,1-4H3,(H,22,25)/t11-/m0/s1. The van der Waals surface area contributed by atoms with Gasteiger partial charge in [-0.25, -0.2) is 4.98 Å². The molecule has 0 aliphatic rings. The number of rotatable bonds is 5. The fraction of sp³-hybridized carbons (Fsp3) is 0.250. The summed E-state index contributed by atoms with van der Waals surface area (Å²) in [6, 6.07) is 9.29. The molecule has 146 valence electrons. The van der Waals surface area contributed by atoms with Gasteiger partial charge < -0.3 is 14.8 Å². The molecule has 8 heteroatoms. The van der Waals surface area contributed by atoms with Crippen molar-refractivity contribution in [3.8, 4) is 11.5 Å². The van der Waals surface area contributed by atoms with Crippen LogP contribution >= 0.6 is 11.6 Å². The first-order chi connectivity index (χ1) is 13.3. The Kier molecular flexibility index (Phi) is 5.56. The topological polar surface area (TPSA) is 82.5 Å². The lowest BCUT2D eigenvalue weighted by atomic mass is 10.1. The van der Waals surface area contributed by atoms with E-state index in [1.807, 2.05) is 0 Å². The highest BCUT2D eigenvalue weighted by Crippen LogP contribution is 2.23. The summed E-state index contributed by atoms with van der Waals surface area (Å²) in [6.45, 7) is 1.76. The molecule has 2 aromatic carbocycles. The number of hydrogen-bond donors (Lipinski definition) is 1. The molecular formula is C20H20ClN3O4. The van der Waals surface area contributed by atoms with Crippen LogP contribution in [0.2, 0.25) is 5.02 Å². The highest BCUT2D eigenvalue weighted by Gasteiger charge is 2.18. The molecule has 28 heavy (non-hydrogen) atoms. The SMILES string of the molecule is COc1cc(OC)cc(C(=O)N[C@@H](C)c2nc3cc(Cl)ccc3c(=O)n2C)c1. The molecule has 3 rings (SSSR count). The van der Waals surface area contributed by atoms with Crippen molar-refractivity contribution in [3.63, 3.8) is 0 Å². The van der Waals surface area contributed by atoms with Crippen molar-refractivity contribution in [3.05, 3.63) is 63.2 Å². The number of nitrogens with one attached hydrogen (secondary N) is 1. The number of nitrogens with zero attached hydrogens (tertiary/aromatic N) is 2. The molecule has 1 heterocycles. The fourth-order valence-electron chi connectivity index (χ4n) is 2.93. The Morgan fingerprint density at radius 2 is 1.79 bits per heavy atom. The molecule has 0 saturated carbocycles. The molecule has 0 fully saturated rings. The molecule has 0 saturated heterocycles. The zero-order valence-corrected chi connectivity index (χ0v) is 16.7. The summed E-state index contributed by atoms with van der Waals surface area (Å²) in [6.07, 6.45) is 0. The molecule has 1 N–H and O–H groups in total. The Morgan fingerprint density at radius 1 is 1.14 bits per heavy atom. The van der Waals surface area contributed by atoms with Crippen LogP contribution in [0.1, 0.15) is 29.1 Å². The Morgan fingerprint density at radius 3 is 2.39 bits per heavy atom. The van der Waals surface area contributed by atoms with Crippen LogP contribution in [0.3, 0.4) is 0 Å². The van der Waals surface area contributed by atoms with Crippen molar-refractivity contribution in [2.45, 2.75) is 13.0 Å². The molecule has 1 aromatic heterocycles. The first kappa shape index (κ1) is 19.7. The molecular weight excluding hydrogens is 382 g/mol. The minimum absolute atomic E-state index is 0.208. The van der Waals surface area contributed by atoms with Gasteiger partial charge in [0.1, 0.15) is 17.3 Å². The summed E-state index contributed by atoms with van der Waals surface area (Å²) in [5.74, 6) is 1.08. The first-order valence-electron chi connectivity index (χ1n) is 8.54. The van der Waals surface area contributed by atoms with Crippen molar-refractivity contribution >= 4 is 28.4 Å². The van der Waals surface area contributed by atoms with Gasteiger partial charge in [-0.15, -0.1) is 0 Å². The number of benzene rings is 2. The molecule has 1 atom stereocenters. The summed E-state index contributed by atoms with van der Waals surface area (Å²) in [4.78, 5) is 29.9. The smallest absolute Gasteiger partial charge is 0.261 e. The van der Waals surface area contributed by atoms with E-state index >= 15 is 0 Å². The number of halogens is 1. The predicted molar refractivity (Wildman–Crippen MR) is 107 cm³/mol. The largest absolute Gasteiger partial charge is 0.497 e. The minimum atomic E-state index is -0.522. The normalized spacial score (nSPS) is 11.9. The molecule has 0 aliphatic heterocycles. The molecule has 0 unspecified atom stereocenters. The number of carbonyl (C=O) groups is 1. The van der Waals surface area contributed by atoms with E-state index in [2.05, 4.69) is 10.3 Å². The minimum Gasteiger partial charge on any atom is -0.497 e. The Balaban J connectivity index is 1.95. The average Bonchev–Trinajstić information content (AvgIpc) is 2.69. The number of amides is 1. The molecule has 0 spiro atoms. The number of hydrogen-bond acceptors (Lipinski definition) is 5. The van der Waals surface area contributed by atoms with E-state index in [0.29, 0.717) is 38.8 Å². The van der Waals surface area contributed by atoms with E-state index in [-0.39, 0.29) is 11.5 Å². The third-order valence-electron chi connectivity index (χ3n) is 4.42. The van der Waals surface area contributed by atoms with Crippen LogP contribution in [0.4, 0.5) is 0 Å². The summed E-state index contributed by atoms with van der Waals surface area (Å²) in [5.41, 5.74) is 0.646. The van der Waals surface area contributed by atoms with E-state index < -0.39 is 6.04 Å². The number of methoxy groups -OCH3 is 2. The van der Waals surface area contributed by atoms with Crippen molar-refractivity contribution in [2.24, 2.45) is 7.05 Å². The summed E-state index contributed by atoms with van der Waals surface area (Å²) < 4.78 is 11.8. The molecule has 1 amide bonds. The van der Waals surface area contributed by atoms with Gasteiger partial charge in [-0.2, -0.15) is 0 Å². The van der Waals surface area contributed by atoms with Gasteiger partial charge in [0, 0.05) is 23.7 Å². The van der Waals surface area contributed by atoms with E-state index in [4.69, 9.17) is 21.1 Å². The Labute approximate surface area is 166 Å². The van der Waals surface area contributed by atoms with Crippen LogP contribution in [-0.2, 0) is 7.05 Å². The maximum Gasteiger partial charge on any atom is 0.261 e. The van der Waals surface area contributed by atoms with E-state index in [1.54, 1.807) is 50.4 Å². The molecule has 3 aromatic rings. The van der Waals surface area contributed by atoms with Gasteiger partial charge in [-0.3, -0.25) is 14.2 Å². The second-order valence-corrected chi connectivity index (χ2v) is 6.73. The molecule has 0 bridgehead atoms. The van der Waals surface area contributed by atoms with Crippen LogP contribution in [0.15, 0.2) is 41.2 Å². The maximum absolute atomic E-state index is 12.7. The molecule has 7 nitrogen and oxygen atoms in total. The summed E-state index contributed by atoms with van der Waals surface area (Å²) in [5, 5.41) is 3.81. The van der Waals surface area contributed by atoms with Crippen LogP contribution < -0.4 is 20.3 Å². The molecule has 0 radical (unpaired) electrons. The monoisotopic (exact) mass is 401 g/mol. The third kappa shape index (κ3) is 3.80. The zero-order chi connectivity index (χ0) is 20.4. The second-order valence-electron chi connectivity index (χ2n) is 6.29. The van der Waals surface area contributed by atoms with Crippen molar-refractivity contribution in [1.29, 1.82) is 0 Å². The predicted octanol–water partition coefficient (Wildman–Crippen LogP) is 3.10. The van der Waals surface area contributed by atoms with Gasteiger partial charge in [0.2, 0.25) is 0 Å². The maximum atomic E-state index is 12.7. The van der Waals surface area contributed by atoms with Gasteiger partial charge in [-0.05, 0) is 37.3 Å². The quantitative estimate of drug-likeness (QED) is 0.710. The Hall–Kier alpha value is -3.06. The van der Waals surface area contributed by atoms with Crippen LogP contribution in [-0.4, -0.2) is 29.7 Å². The zero-order valence-electron chi connectivity index (χ0n) is 15.9. The number of ether oxygens (including phenoxy) is 2. The lowest BCUT2D eigenvalue weighted by molar-refractivity contribution is 0.0937. The average molecular weight is 402 g/mol. The lowest BCUT2D eigenvalue weighted by Gasteiger charge is -2.18. The van der Waals surface area contributed by atoms with Crippen molar-refractivity contribution in [2.75, 3.05) is 14.2 Å². The summed E-state index contributed by atoms with van der Waals surface area (Å²) >= 11 is 6.02. The summed E-state index contributed by atoms with van der Waals surface area (Å²) in [7, 11) is 4.65. The second kappa shape index (κ2) is 7.90. The van der Waals surface area contributed by atoms with Gasteiger partial charge in [0.15, 0.2) is 0 Å². The van der Waals surface area contributed by atoms with E-state index in [0.717, 1.165) is 0 Å². The van der Waals surface area contributed by atoms with Crippen molar-refractivity contribution in [1.82, 2.24) is 14.9 Å². The van der Waals surface area contributed by atoms with Crippen LogP contribution in [0.25, 0.3) is 10.9 Å². The van der Waals surface area contributed by atoms with Gasteiger partial charge in [0.05, 0.1) is 31.2 Å². The van der Waals surface area contributed by atoms with Gasteiger partial charge in [0.25, 0.3) is 11.5 Å². The number of carbonyl (C=O) groups excluding carboxylic acids is 1. The van der Waals surface area contributed by atoms with Gasteiger partial charge >= 0.3 is 0 Å². The van der Waals surface area contributed by atoms with Gasteiger partial charge in [-0.1, -0.05) is 11.6 Å². The Bertz CT molecular complexity index is 1090. The number of fused-ring (bicyclic) bond motifs is 1. The number of aromatic nitrogens is 2. The van der Waals surface area contributed by atoms with Crippen molar-refractivity contribution < 1.29 is 14.3 Å². The highest BCUT2D eigenvalue weighted by molar-refractivity contribution is 6.31. The van der Waals surface area contributed by atoms with E-state index in [9.17, 15) is 9.59 Å². The highest BCUT2D eigenvalue weighted by atomic mass is 35.5. The lowest BCUT2D eigenvalue weighted by Crippen LogP contribution is -2.32. The first-order valence-corrected chi connectivity index (χ1v) is 8.92. The fourth-order valence-corrected chi connectivity index (χ4v) is 3.10. The van der Waals surface area contributed by atoms with Crippen LogP contribution in [0.5, 0.6) is 11.5 Å². The van der Waals surface area contributed by atoms with E-state index in [1.165, 1.54) is 18.8 Å². The molecule has 0 aliphatic carbocycles.